The molecular formula is C7H13ClFNS. The van der Waals surface area contributed by atoms with Crippen molar-refractivity contribution in [2.75, 3.05) is 18.1 Å². The molecule has 0 aromatic carbocycles. The van der Waals surface area contributed by atoms with E-state index >= 15 is 0 Å². The molecule has 2 rings (SSSR count). The maximum absolute atomic E-state index is 12.7. The lowest BCUT2D eigenvalue weighted by Crippen LogP contribution is -2.39. The predicted molar refractivity (Wildman–Crippen MR) is 49.4 cm³/mol. The first-order valence-electron chi connectivity index (χ1n) is 3.78. The molecule has 11 heavy (non-hydrogen) atoms. The zero-order valence-electron chi connectivity index (χ0n) is 6.31. The van der Waals surface area contributed by atoms with Gasteiger partial charge < -0.3 is 5.32 Å². The third-order valence-electron chi connectivity index (χ3n) is 2.41. The highest BCUT2D eigenvalue weighted by Crippen LogP contribution is 2.35. The summed E-state index contributed by atoms with van der Waals surface area (Å²) in [5.74, 6) is 2.33. The fourth-order valence-corrected chi connectivity index (χ4v) is 3.24. The minimum Gasteiger partial charge on any atom is -0.307 e. The highest BCUT2D eigenvalue weighted by molar-refractivity contribution is 7.99. The summed E-state index contributed by atoms with van der Waals surface area (Å²) in [6.45, 7) is 0.584. The van der Waals surface area contributed by atoms with Crippen molar-refractivity contribution in [1.29, 1.82) is 0 Å². The van der Waals surface area contributed by atoms with Gasteiger partial charge in [0.2, 0.25) is 0 Å². The summed E-state index contributed by atoms with van der Waals surface area (Å²) < 4.78 is 12.7. The Balaban J connectivity index is 0.000000605. The van der Waals surface area contributed by atoms with Crippen molar-refractivity contribution >= 4 is 24.2 Å². The molecule has 0 bridgehead atoms. The van der Waals surface area contributed by atoms with Crippen LogP contribution in [0.5, 0.6) is 0 Å². The molecule has 2 saturated heterocycles. The van der Waals surface area contributed by atoms with E-state index in [1.54, 1.807) is 0 Å². The van der Waals surface area contributed by atoms with E-state index in [9.17, 15) is 4.39 Å². The molecule has 0 aromatic heterocycles. The first-order chi connectivity index (χ1) is 4.81. The average molecular weight is 198 g/mol. The van der Waals surface area contributed by atoms with Gasteiger partial charge in [0.1, 0.15) is 6.17 Å². The van der Waals surface area contributed by atoms with E-state index in [0.717, 1.165) is 18.6 Å². The van der Waals surface area contributed by atoms with Crippen molar-refractivity contribution < 1.29 is 4.39 Å². The van der Waals surface area contributed by atoms with Crippen molar-refractivity contribution in [2.45, 2.75) is 24.6 Å². The molecule has 2 aliphatic heterocycles. The molecule has 0 amide bonds. The summed E-state index contributed by atoms with van der Waals surface area (Å²) in [5.41, 5.74) is 0.198. The molecule has 0 saturated carbocycles. The van der Waals surface area contributed by atoms with Gasteiger partial charge in [-0.05, 0) is 18.6 Å². The molecule has 1 spiro atoms. The molecule has 0 radical (unpaired) electrons. The maximum Gasteiger partial charge on any atom is 0.114 e. The van der Waals surface area contributed by atoms with Gasteiger partial charge in [-0.2, -0.15) is 11.8 Å². The Morgan fingerprint density at radius 3 is 2.82 bits per heavy atom. The van der Waals surface area contributed by atoms with Gasteiger partial charge in [0.15, 0.2) is 0 Å². The largest absolute Gasteiger partial charge is 0.307 e. The molecule has 4 heteroatoms. The Kier molecular flexibility index (Phi) is 3.06. The zero-order chi connectivity index (χ0) is 7.03. The first-order valence-corrected chi connectivity index (χ1v) is 4.93. The Morgan fingerprint density at radius 2 is 2.36 bits per heavy atom. The minimum absolute atomic E-state index is 0. The predicted octanol–water partition coefficient (Wildman–Crippen LogP) is 1.62. The minimum atomic E-state index is -0.585. The van der Waals surface area contributed by atoms with E-state index < -0.39 is 6.17 Å². The van der Waals surface area contributed by atoms with Crippen LogP contribution in [0.3, 0.4) is 0 Å². The van der Waals surface area contributed by atoms with Gasteiger partial charge in [-0.1, -0.05) is 0 Å². The molecule has 66 valence electrons. The van der Waals surface area contributed by atoms with Gasteiger partial charge in [0.25, 0.3) is 0 Å². The number of hydrogen-bond donors (Lipinski definition) is 1. The topological polar surface area (TPSA) is 12.0 Å². The first kappa shape index (κ1) is 9.62. The van der Waals surface area contributed by atoms with E-state index in [2.05, 4.69) is 5.32 Å². The summed E-state index contributed by atoms with van der Waals surface area (Å²) in [7, 11) is 0. The highest BCUT2D eigenvalue weighted by atomic mass is 35.5. The van der Waals surface area contributed by atoms with E-state index in [-0.39, 0.29) is 17.9 Å². The fraction of sp³-hybridized carbons (Fsp3) is 1.00. The van der Waals surface area contributed by atoms with E-state index in [4.69, 9.17) is 0 Å². The van der Waals surface area contributed by atoms with Crippen molar-refractivity contribution in [1.82, 2.24) is 5.32 Å². The van der Waals surface area contributed by atoms with Crippen LogP contribution in [0.1, 0.15) is 12.8 Å². The molecule has 2 heterocycles. The summed E-state index contributed by atoms with van der Waals surface area (Å²) in [5, 5.41) is 3.29. The molecule has 2 aliphatic rings. The standard InChI is InChI=1S/C7H12FNS.ClH/c8-6-3-7(9-4-6)1-2-10-5-7;/h6,9H,1-5H2;1H. The van der Waals surface area contributed by atoms with E-state index in [1.807, 2.05) is 11.8 Å². The zero-order valence-corrected chi connectivity index (χ0v) is 7.94. The summed E-state index contributed by atoms with van der Waals surface area (Å²) >= 11 is 1.94. The number of thioether (sulfide) groups is 1. The van der Waals surface area contributed by atoms with Crippen LogP contribution < -0.4 is 5.32 Å². The van der Waals surface area contributed by atoms with Crippen LogP contribution in [0, 0.1) is 0 Å². The van der Waals surface area contributed by atoms with Crippen molar-refractivity contribution in [3.05, 3.63) is 0 Å². The Morgan fingerprint density at radius 1 is 1.55 bits per heavy atom. The number of nitrogens with one attached hydrogen (secondary N) is 1. The Hall–Kier alpha value is 0.530. The molecule has 2 fully saturated rings. The van der Waals surface area contributed by atoms with Crippen LogP contribution in [0.25, 0.3) is 0 Å². The number of hydrogen-bond acceptors (Lipinski definition) is 2. The van der Waals surface area contributed by atoms with Gasteiger partial charge in [-0.25, -0.2) is 4.39 Å². The third-order valence-corrected chi connectivity index (χ3v) is 3.66. The maximum atomic E-state index is 12.7. The Bertz CT molecular complexity index is 138. The lowest BCUT2D eigenvalue weighted by molar-refractivity contribution is 0.333. The van der Waals surface area contributed by atoms with E-state index in [1.165, 1.54) is 5.75 Å². The molecule has 1 nitrogen and oxygen atoms in total. The monoisotopic (exact) mass is 197 g/mol. The molecule has 1 N–H and O–H groups in total. The molecule has 2 unspecified atom stereocenters. The molecule has 0 aromatic rings. The number of halogens is 2. The molecule has 0 aliphatic carbocycles. The van der Waals surface area contributed by atoms with Gasteiger partial charge >= 0.3 is 0 Å². The van der Waals surface area contributed by atoms with Crippen LogP contribution in [0.2, 0.25) is 0 Å². The van der Waals surface area contributed by atoms with Crippen molar-refractivity contribution in [2.24, 2.45) is 0 Å². The lowest BCUT2D eigenvalue weighted by atomic mass is 9.97. The van der Waals surface area contributed by atoms with Gasteiger partial charge in [-0.3, -0.25) is 0 Å². The fourth-order valence-electron chi connectivity index (χ4n) is 1.80. The average Bonchev–Trinajstić information content (AvgIpc) is 2.46. The van der Waals surface area contributed by atoms with Gasteiger partial charge in [-0.15, -0.1) is 12.4 Å². The van der Waals surface area contributed by atoms with Crippen LogP contribution in [-0.4, -0.2) is 29.8 Å². The second-order valence-corrected chi connectivity index (χ2v) is 4.37. The summed E-state index contributed by atoms with van der Waals surface area (Å²) in [4.78, 5) is 0. The smallest absolute Gasteiger partial charge is 0.114 e. The summed E-state index contributed by atoms with van der Waals surface area (Å²) in [6, 6.07) is 0. The quantitative estimate of drug-likeness (QED) is 0.634. The highest BCUT2D eigenvalue weighted by Gasteiger charge is 2.41. The van der Waals surface area contributed by atoms with Gasteiger partial charge in [0, 0.05) is 17.8 Å². The van der Waals surface area contributed by atoms with Crippen LogP contribution in [0.4, 0.5) is 4.39 Å². The molecule has 2 atom stereocenters. The second kappa shape index (κ2) is 3.50. The SMILES string of the molecule is Cl.FC1CNC2(CCSC2)C1. The van der Waals surface area contributed by atoms with Crippen LogP contribution >= 0.6 is 24.2 Å². The molecular weight excluding hydrogens is 185 g/mol. The van der Waals surface area contributed by atoms with Gasteiger partial charge in [0.05, 0.1) is 0 Å². The Labute approximate surface area is 76.9 Å². The summed E-state index contributed by atoms with van der Waals surface area (Å²) in [6.07, 6.45) is 1.33. The van der Waals surface area contributed by atoms with E-state index in [0.29, 0.717) is 6.54 Å². The lowest BCUT2D eigenvalue weighted by Gasteiger charge is -2.20. The van der Waals surface area contributed by atoms with Crippen LogP contribution in [0.15, 0.2) is 0 Å². The number of rotatable bonds is 0. The normalized spacial score (nSPS) is 42.8. The second-order valence-electron chi connectivity index (χ2n) is 3.27. The number of alkyl halides is 1. The van der Waals surface area contributed by atoms with Crippen molar-refractivity contribution in [3.8, 4) is 0 Å². The third kappa shape index (κ3) is 1.82. The van der Waals surface area contributed by atoms with Crippen molar-refractivity contribution in [3.63, 3.8) is 0 Å². The van der Waals surface area contributed by atoms with Crippen LogP contribution in [-0.2, 0) is 0 Å².